The summed E-state index contributed by atoms with van der Waals surface area (Å²) in [6.45, 7) is 7.00. The maximum Gasteiger partial charge on any atom is 0.274 e. The number of amides is 1. The first kappa shape index (κ1) is 15.6. The molecule has 3 heterocycles. The molecule has 2 aromatic heterocycles. The summed E-state index contributed by atoms with van der Waals surface area (Å²) in [5.74, 6) is -0.0136. The summed E-state index contributed by atoms with van der Waals surface area (Å²) in [5.41, 5.74) is 4.37. The van der Waals surface area contributed by atoms with Gasteiger partial charge < -0.3 is 9.80 Å². The van der Waals surface area contributed by atoms with Crippen molar-refractivity contribution in [3.8, 4) is 0 Å². The Morgan fingerprint density at radius 1 is 0.960 bits per heavy atom. The number of hydrogen-bond acceptors (Lipinski definition) is 4. The standard InChI is InChI=1S/C19H21N5O/c1-14-15(2)24-18(20-14)9-8-17(21-24)19(25)23-12-10-22(11-13-23)16-6-4-3-5-7-16/h3-9H,10-13H2,1-2H3. The molecule has 0 N–H and O–H groups in total. The van der Waals surface area contributed by atoms with Gasteiger partial charge in [0.25, 0.3) is 5.91 Å². The summed E-state index contributed by atoms with van der Waals surface area (Å²) in [4.78, 5) is 21.4. The van der Waals surface area contributed by atoms with Crippen LogP contribution in [0.5, 0.6) is 0 Å². The van der Waals surface area contributed by atoms with Crippen molar-refractivity contribution in [1.82, 2.24) is 19.5 Å². The second-order valence-electron chi connectivity index (χ2n) is 6.39. The largest absolute Gasteiger partial charge is 0.368 e. The van der Waals surface area contributed by atoms with Gasteiger partial charge in [0.2, 0.25) is 0 Å². The van der Waals surface area contributed by atoms with Crippen LogP contribution in [0.15, 0.2) is 42.5 Å². The van der Waals surface area contributed by atoms with Crippen molar-refractivity contribution in [3.63, 3.8) is 0 Å². The molecular weight excluding hydrogens is 314 g/mol. The van der Waals surface area contributed by atoms with Gasteiger partial charge in [-0.25, -0.2) is 9.50 Å². The summed E-state index contributed by atoms with van der Waals surface area (Å²) >= 11 is 0. The van der Waals surface area contributed by atoms with Crippen LogP contribution in [0.1, 0.15) is 21.9 Å². The first-order chi connectivity index (χ1) is 12.1. The number of aromatic nitrogens is 3. The summed E-state index contributed by atoms with van der Waals surface area (Å²) in [5, 5.41) is 4.50. The van der Waals surface area contributed by atoms with E-state index in [-0.39, 0.29) is 5.91 Å². The number of nitrogens with zero attached hydrogens (tertiary/aromatic N) is 5. The van der Waals surface area contributed by atoms with Gasteiger partial charge in [-0.15, -0.1) is 0 Å². The Hall–Kier alpha value is -2.89. The minimum Gasteiger partial charge on any atom is -0.368 e. The van der Waals surface area contributed by atoms with Gasteiger partial charge in [-0.1, -0.05) is 18.2 Å². The fourth-order valence-corrected chi connectivity index (χ4v) is 3.24. The molecule has 0 bridgehead atoms. The van der Waals surface area contributed by atoms with Gasteiger partial charge in [-0.2, -0.15) is 5.10 Å². The molecule has 6 heteroatoms. The number of para-hydroxylation sites is 1. The Morgan fingerprint density at radius 2 is 1.68 bits per heavy atom. The lowest BCUT2D eigenvalue weighted by Gasteiger charge is -2.35. The molecule has 4 rings (SSSR count). The van der Waals surface area contributed by atoms with Gasteiger partial charge in [0.05, 0.1) is 11.4 Å². The number of piperazine rings is 1. The molecule has 1 fully saturated rings. The lowest BCUT2D eigenvalue weighted by molar-refractivity contribution is 0.0739. The average molecular weight is 335 g/mol. The molecule has 0 spiro atoms. The lowest BCUT2D eigenvalue weighted by atomic mass is 10.2. The maximum atomic E-state index is 12.8. The zero-order valence-electron chi connectivity index (χ0n) is 14.5. The molecule has 25 heavy (non-hydrogen) atoms. The molecular formula is C19H21N5O. The zero-order chi connectivity index (χ0) is 17.4. The van der Waals surface area contributed by atoms with Crippen LogP contribution in [0.4, 0.5) is 5.69 Å². The van der Waals surface area contributed by atoms with Crippen molar-refractivity contribution < 1.29 is 4.79 Å². The molecule has 128 valence electrons. The molecule has 0 radical (unpaired) electrons. The average Bonchev–Trinajstić information content (AvgIpc) is 2.95. The molecule has 6 nitrogen and oxygen atoms in total. The highest BCUT2D eigenvalue weighted by Gasteiger charge is 2.23. The van der Waals surface area contributed by atoms with E-state index in [1.807, 2.05) is 43.0 Å². The molecule has 0 atom stereocenters. The Balaban J connectivity index is 1.50. The van der Waals surface area contributed by atoms with Crippen molar-refractivity contribution in [2.45, 2.75) is 13.8 Å². The number of imidazole rings is 1. The second-order valence-corrected chi connectivity index (χ2v) is 6.39. The van der Waals surface area contributed by atoms with Crippen LogP contribution in [0.2, 0.25) is 0 Å². The summed E-state index contributed by atoms with van der Waals surface area (Å²) in [6, 6.07) is 14.0. The third-order valence-electron chi connectivity index (χ3n) is 4.85. The minimum absolute atomic E-state index is 0.0136. The van der Waals surface area contributed by atoms with Crippen LogP contribution in [0.3, 0.4) is 0 Å². The highest BCUT2D eigenvalue weighted by Crippen LogP contribution is 2.17. The van der Waals surface area contributed by atoms with Gasteiger partial charge in [0, 0.05) is 31.9 Å². The molecule has 1 saturated heterocycles. The number of benzene rings is 1. The number of anilines is 1. The van der Waals surface area contributed by atoms with Gasteiger partial charge >= 0.3 is 0 Å². The van der Waals surface area contributed by atoms with Crippen LogP contribution in [0, 0.1) is 13.8 Å². The predicted molar refractivity (Wildman–Crippen MR) is 97.0 cm³/mol. The normalized spacial score (nSPS) is 15.0. The van der Waals surface area contributed by atoms with E-state index in [9.17, 15) is 4.79 Å². The van der Waals surface area contributed by atoms with E-state index in [1.165, 1.54) is 5.69 Å². The van der Waals surface area contributed by atoms with Crippen molar-refractivity contribution in [3.05, 3.63) is 59.5 Å². The first-order valence-electron chi connectivity index (χ1n) is 8.56. The van der Waals surface area contributed by atoms with E-state index in [4.69, 9.17) is 0 Å². The molecule has 1 aliphatic heterocycles. The van der Waals surface area contributed by atoms with Gasteiger partial charge in [0.1, 0.15) is 5.69 Å². The highest BCUT2D eigenvalue weighted by molar-refractivity contribution is 5.92. The summed E-state index contributed by atoms with van der Waals surface area (Å²) in [6.07, 6.45) is 0. The van der Waals surface area contributed by atoms with Gasteiger partial charge in [-0.05, 0) is 38.1 Å². The monoisotopic (exact) mass is 335 g/mol. The number of hydrogen-bond donors (Lipinski definition) is 0. The van der Waals surface area contributed by atoms with Crippen LogP contribution < -0.4 is 4.90 Å². The van der Waals surface area contributed by atoms with Crippen molar-refractivity contribution >= 4 is 17.2 Å². The van der Waals surface area contributed by atoms with Crippen LogP contribution in [0.25, 0.3) is 5.65 Å². The van der Waals surface area contributed by atoms with Crippen LogP contribution >= 0.6 is 0 Å². The SMILES string of the molecule is Cc1nc2ccc(C(=O)N3CCN(c4ccccc4)CC3)nn2c1C. The third kappa shape index (κ3) is 2.84. The number of aryl methyl sites for hydroxylation is 2. The Morgan fingerprint density at radius 3 is 2.40 bits per heavy atom. The number of carbonyl (C=O) groups is 1. The van der Waals surface area contributed by atoms with E-state index >= 15 is 0 Å². The van der Waals surface area contributed by atoms with Crippen LogP contribution in [-0.2, 0) is 0 Å². The zero-order valence-corrected chi connectivity index (χ0v) is 14.5. The van der Waals surface area contributed by atoms with E-state index in [0.29, 0.717) is 18.8 Å². The molecule has 1 aromatic carbocycles. The fourth-order valence-electron chi connectivity index (χ4n) is 3.24. The summed E-state index contributed by atoms with van der Waals surface area (Å²) in [7, 11) is 0. The van der Waals surface area contributed by atoms with E-state index in [0.717, 1.165) is 30.1 Å². The first-order valence-corrected chi connectivity index (χ1v) is 8.56. The Kier molecular flexibility index (Phi) is 3.87. The fraction of sp³-hybridized carbons (Fsp3) is 0.316. The van der Waals surface area contributed by atoms with Crippen molar-refractivity contribution in [2.24, 2.45) is 0 Å². The van der Waals surface area contributed by atoms with Crippen molar-refractivity contribution in [2.75, 3.05) is 31.1 Å². The van der Waals surface area contributed by atoms with Crippen LogP contribution in [-0.4, -0.2) is 51.6 Å². The van der Waals surface area contributed by atoms with E-state index in [2.05, 4.69) is 27.1 Å². The molecule has 0 saturated carbocycles. The second kappa shape index (κ2) is 6.20. The van der Waals surface area contributed by atoms with E-state index < -0.39 is 0 Å². The smallest absolute Gasteiger partial charge is 0.274 e. The highest BCUT2D eigenvalue weighted by atomic mass is 16.2. The Bertz CT molecular complexity index is 910. The lowest BCUT2D eigenvalue weighted by Crippen LogP contribution is -2.49. The van der Waals surface area contributed by atoms with E-state index in [1.54, 1.807) is 10.6 Å². The third-order valence-corrected chi connectivity index (χ3v) is 4.85. The molecule has 1 aliphatic rings. The Labute approximate surface area is 146 Å². The molecule has 1 amide bonds. The minimum atomic E-state index is -0.0136. The molecule has 3 aromatic rings. The van der Waals surface area contributed by atoms with Crippen molar-refractivity contribution in [1.29, 1.82) is 0 Å². The maximum absolute atomic E-state index is 12.8. The number of carbonyl (C=O) groups excluding carboxylic acids is 1. The quantitative estimate of drug-likeness (QED) is 0.721. The molecule has 0 aliphatic carbocycles. The predicted octanol–water partition coefficient (Wildman–Crippen LogP) is 2.31. The van der Waals surface area contributed by atoms with Gasteiger partial charge in [0.15, 0.2) is 5.65 Å². The topological polar surface area (TPSA) is 53.7 Å². The number of fused-ring (bicyclic) bond motifs is 1. The summed E-state index contributed by atoms with van der Waals surface area (Å²) < 4.78 is 1.75. The molecule has 0 unspecified atom stereocenters. The van der Waals surface area contributed by atoms with Gasteiger partial charge in [-0.3, -0.25) is 4.79 Å². The number of rotatable bonds is 2.